The van der Waals surface area contributed by atoms with Crippen LogP contribution in [0.15, 0.2) is 0 Å². The highest BCUT2D eigenvalue weighted by Crippen LogP contribution is 2.42. The number of hydrogen-bond donors (Lipinski definition) is 1. The third kappa shape index (κ3) is 1.94. The van der Waals surface area contributed by atoms with Crippen LogP contribution >= 0.6 is 0 Å². The summed E-state index contributed by atoms with van der Waals surface area (Å²) in [5.41, 5.74) is -0.0781. The minimum Gasteiger partial charge on any atom is -0.359 e. The van der Waals surface area contributed by atoms with Crippen LogP contribution in [-0.4, -0.2) is 13.0 Å². The molecule has 1 aliphatic carbocycles. The smallest absolute Gasteiger partial charge is 0.226 e. The second kappa shape index (κ2) is 4.81. The van der Waals surface area contributed by atoms with Crippen LogP contribution in [0.5, 0.6) is 0 Å². The average Bonchev–Trinajstić information content (AvgIpc) is 2.40. The molecule has 1 rings (SSSR count). The number of nitrogens with one attached hydrogen (secondary N) is 1. The van der Waals surface area contributed by atoms with E-state index in [1.54, 1.807) is 7.05 Å². The third-order valence-corrected chi connectivity index (χ3v) is 4.01. The van der Waals surface area contributed by atoms with Crippen LogP contribution in [0.2, 0.25) is 0 Å². The Bertz CT molecular complexity index is 202. The summed E-state index contributed by atoms with van der Waals surface area (Å²) in [6.07, 6.45) is 7.06. The van der Waals surface area contributed by atoms with Crippen LogP contribution < -0.4 is 5.32 Å². The zero-order valence-corrected chi connectivity index (χ0v) is 9.73. The van der Waals surface area contributed by atoms with Crippen molar-refractivity contribution in [2.75, 3.05) is 7.05 Å². The van der Waals surface area contributed by atoms with Crippen molar-refractivity contribution in [2.24, 2.45) is 11.3 Å². The molecule has 0 aromatic rings. The number of carbonyl (C=O) groups excluding carboxylic acids is 1. The maximum absolute atomic E-state index is 12.0. The van der Waals surface area contributed by atoms with Gasteiger partial charge in [-0.1, -0.05) is 33.1 Å². The van der Waals surface area contributed by atoms with Gasteiger partial charge in [-0.25, -0.2) is 0 Å². The van der Waals surface area contributed by atoms with Crippen LogP contribution in [0.3, 0.4) is 0 Å². The molecule has 2 atom stereocenters. The summed E-state index contributed by atoms with van der Waals surface area (Å²) in [7, 11) is 1.76. The molecular weight excluding hydrogens is 174 g/mol. The topological polar surface area (TPSA) is 29.1 Å². The van der Waals surface area contributed by atoms with Gasteiger partial charge in [0.05, 0.1) is 5.41 Å². The van der Waals surface area contributed by atoms with Crippen molar-refractivity contribution in [1.82, 2.24) is 5.32 Å². The fraction of sp³-hybridized carbons (Fsp3) is 0.917. The van der Waals surface area contributed by atoms with E-state index in [2.05, 4.69) is 19.2 Å². The lowest BCUT2D eigenvalue weighted by atomic mass is 9.70. The summed E-state index contributed by atoms with van der Waals surface area (Å²) in [5, 5.41) is 2.85. The van der Waals surface area contributed by atoms with Gasteiger partial charge in [0, 0.05) is 7.05 Å². The van der Waals surface area contributed by atoms with Gasteiger partial charge in [-0.3, -0.25) is 4.79 Å². The van der Waals surface area contributed by atoms with Gasteiger partial charge >= 0.3 is 0 Å². The first-order valence-corrected chi connectivity index (χ1v) is 5.89. The van der Waals surface area contributed by atoms with Crippen molar-refractivity contribution in [3.8, 4) is 0 Å². The zero-order valence-electron chi connectivity index (χ0n) is 9.73. The van der Waals surface area contributed by atoms with Crippen molar-refractivity contribution in [1.29, 1.82) is 0 Å². The van der Waals surface area contributed by atoms with Crippen LogP contribution in [0.1, 0.15) is 52.4 Å². The standard InChI is InChI=1S/C12H23NO/c1-4-12(11(14)13-3)9-7-5-6-8-10(12)2/h10H,4-9H2,1-3H3,(H,13,14). The molecule has 0 heterocycles. The van der Waals surface area contributed by atoms with Gasteiger partial charge < -0.3 is 5.32 Å². The molecule has 14 heavy (non-hydrogen) atoms. The van der Waals surface area contributed by atoms with Gasteiger partial charge in [-0.05, 0) is 25.2 Å². The highest BCUT2D eigenvalue weighted by molar-refractivity contribution is 5.82. The minimum absolute atomic E-state index is 0.0781. The lowest BCUT2D eigenvalue weighted by Gasteiger charge is -2.35. The Balaban J connectivity index is 2.86. The molecule has 1 saturated carbocycles. The summed E-state index contributed by atoms with van der Waals surface area (Å²) >= 11 is 0. The van der Waals surface area contributed by atoms with Gasteiger partial charge in [0.2, 0.25) is 5.91 Å². The van der Waals surface area contributed by atoms with Gasteiger partial charge in [0.1, 0.15) is 0 Å². The fourth-order valence-electron chi connectivity index (χ4n) is 2.86. The fourth-order valence-corrected chi connectivity index (χ4v) is 2.86. The highest BCUT2D eigenvalue weighted by atomic mass is 16.2. The van der Waals surface area contributed by atoms with E-state index in [9.17, 15) is 4.79 Å². The summed E-state index contributed by atoms with van der Waals surface area (Å²) in [5.74, 6) is 0.796. The molecule has 0 saturated heterocycles. The van der Waals surface area contributed by atoms with Crippen molar-refractivity contribution < 1.29 is 4.79 Å². The lowest BCUT2D eigenvalue weighted by molar-refractivity contribution is -0.134. The summed E-state index contributed by atoms with van der Waals surface area (Å²) in [6, 6.07) is 0. The van der Waals surface area contributed by atoms with Gasteiger partial charge in [-0.15, -0.1) is 0 Å². The van der Waals surface area contributed by atoms with Gasteiger partial charge in [0.25, 0.3) is 0 Å². The molecule has 1 amide bonds. The number of hydrogen-bond acceptors (Lipinski definition) is 1. The Hall–Kier alpha value is -0.530. The third-order valence-electron chi connectivity index (χ3n) is 4.01. The quantitative estimate of drug-likeness (QED) is 0.678. The molecule has 0 aromatic heterocycles. The van der Waals surface area contributed by atoms with Crippen molar-refractivity contribution in [2.45, 2.75) is 52.4 Å². The number of amides is 1. The van der Waals surface area contributed by atoms with E-state index >= 15 is 0 Å². The molecule has 2 unspecified atom stereocenters. The first-order valence-electron chi connectivity index (χ1n) is 5.89. The molecule has 0 bridgehead atoms. The lowest BCUT2D eigenvalue weighted by Crippen LogP contribution is -2.43. The maximum atomic E-state index is 12.0. The Labute approximate surface area is 87.5 Å². The molecule has 1 N–H and O–H groups in total. The van der Waals surface area contributed by atoms with Crippen LogP contribution in [0.25, 0.3) is 0 Å². The molecule has 0 aromatic carbocycles. The maximum Gasteiger partial charge on any atom is 0.226 e. The Morgan fingerprint density at radius 2 is 2.14 bits per heavy atom. The molecule has 0 radical (unpaired) electrons. The molecule has 1 aliphatic rings. The highest BCUT2D eigenvalue weighted by Gasteiger charge is 2.41. The number of carbonyl (C=O) groups is 1. The largest absolute Gasteiger partial charge is 0.359 e. The van der Waals surface area contributed by atoms with Crippen molar-refractivity contribution >= 4 is 5.91 Å². The van der Waals surface area contributed by atoms with E-state index in [0.29, 0.717) is 5.92 Å². The van der Waals surface area contributed by atoms with Crippen LogP contribution in [-0.2, 0) is 4.79 Å². The zero-order chi connectivity index (χ0) is 10.6. The summed E-state index contributed by atoms with van der Waals surface area (Å²) in [4.78, 5) is 12.0. The van der Waals surface area contributed by atoms with E-state index in [-0.39, 0.29) is 11.3 Å². The Morgan fingerprint density at radius 1 is 1.43 bits per heavy atom. The SMILES string of the molecule is CCC1(C(=O)NC)CCCCCC1C. The van der Waals surface area contributed by atoms with E-state index in [1.165, 1.54) is 25.7 Å². The van der Waals surface area contributed by atoms with E-state index in [4.69, 9.17) is 0 Å². The molecule has 0 spiro atoms. The van der Waals surface area contributed by atoms with Gasteiger partial charge in [0.15, 0.2) is 0 Å². The molecule has 82 valence electrons. The van der Waals surface area contributed by atoms with Crippen LogP contribution in [0.4, 0.5) is 0 Å². The predicted molar refractivity (Wildman–Crippen MR) is 59.0 cm³/mol. The molecule has 1 fully saturated rings. The van der Waals surface area contributed by atoms with E-state index in [1.807, 2.05) is 0 Å². The summed E-state index contributed by atoms with van der Waals surface area (Å²) < 4.78 is 0. The van der Waals surface area contributed by atoms with Crippen molar-refractivity contribution in [3.63, 3.8) is 0 Å². The first kappa shape index (κ1) is 11.5. The Kier molecular flexibility index (Phi) is 3.97. The molecule has 2 heteroatoms. The monoisotopic (exact) mass is 197 g/mol. The van der Waals surface area contributed by atoms with E-state index in [0.717, 1.165) is 12.8 Å². The first-order chi connectivity index (χ1) is 6.67. The second-order valence-corrected chi connectivity index (χ2v) is 4.59. The van der Waals surface area contributed by atoms with Crippen molar-refractivity contribution in [3.05, 3.63) is 0 Å². The molecule has 2 nitrogen and oxygen atoms in total. The second-order valence-electron chi connectivity index (χ2n) is 4.59. The molecule has 0 aliphatic heterocycles. The molecular formula is C12H23NO. The normalized spacial score (nSPS) is 33.5. The minimum atomic E-state index is -0.0781. The van der Waals surface area contributed by atoms with Crippen LogP contribution in [0, 0.1) is 11.3 Å². The number of rotatable bonds is 2. The Morgan fingerprint density at radius 3 is 2.71 bits per heavy atom. The summed E-state index contributed by atoms with van der Waals surface area (Å²) in [6.45, 7) is 4.39. The van der Waals surface area contributed by atoms with E-state index < -0.39 is 0 Å². The predicted octanol–water partition coefficient (Wildman–Crippen LogP) is 2.73. The van der Waals surface area contributed by atoms with Gasteiger partial charge in [-0.2, -0.15) is 0 Å². The average molecular weight is 197 g/mol.